The second-order valence-electron chi connectivity index (χ2n) is 4.42. The van der Waals surface area contributed by atoms with Crippen LogP contribution in [-0.2, 0) is 0 Å². The average molecular weight is 201 g/mol. The van der Waals surface area contributed by atoms with Gasteiger partial charge in [0.25, 0.3) is 0 Å². The van der Waals surface area contributed by atoms with Crippen molar-refractivity contribution in [3.05, 3.63) is 0 Å². The highest BCUT2D eigenvalue weighted by molar-refractivity contribution is 5.80. The lowest BCUT2D eigenvalue weighted by Gasteiger charge is -2.39. The molecule has 0 heterocycles. The molecule has 0 spiro atoms. The van der Waals surface area contributed by atoms with Gasteiger partial charge in [-0.3, -0.25) is 4.90 Å². The molecule has 0 aromatic carbocycles. The summed E-state index contributed by atoms with van der Waals surface area (Å²) in [5.41, 5.74) is 5.62. The highest BCUT2D eigenvalue weighted by Gasteiger charge is 2.25. The van der Waals surface area contributed by atoms with Crippen LogP contribution in [0.1, 0.15) is 40.5 Å². The minimum atomic E-state index is 0.148. The summed E-state index contributed by atoms with van der Waals surface area (Å²) in [5, 5.41) is 11.5. The molecule has 1 unspecified atom stereocenters. The molecule has 0 aliphatic rings. The Kier molecular flexibility index (Phi) is 4.91. The SMILES string of the molecule is CCC(C)(C)N(C)C(C)CC(N)=NO. The Morgan fingerprint density at radius 2 is 2.07 bits per heavy atom. The number of rotatable bonds is 5. The summed E-state index contributed by atoms with van der Waals surface area (Å²) in [7, 11) is 2.07. The van der Waals surface area contributed by atoms with E-state index in [1.54, 1.807) is 0 Å². The van der Waals surface area contributed by atoms with Crippen molar-refractivity contribution in [1.29, 1.82) is 0 Å². The highest BCUT2D eigenvalue weighted by Crippen LogP contribution is 2.20. The summed E-state index contributed by atoms with van der Waals surface area (Å²) in [6.45, 7) is 8.62. The molecule has 84 valence electrons. The average Bonchev–Trinajstić information content (AvgIpc) is 2.16. The first-order valence-electron chi connectivity index (χ1n) is 5.04. The molecule has 0 saturated carbocycles. The van der Waals surface area contributed by atoms with E-state index < -0.39 is 0 Å². The summed E-state index contributed by atoms with van der Waals surface area (Å²) in [5.74, 6) is 0.288. The molecule has 0 rings (SSSR count). The summed E-state index contributed by atoms with van der Waals surface area (Å²) in [6.07, 6.45) is 1.67. The molecule has 0 saturated heterocycles. The molecule has 0 aromatic rings. The summed E-state index contributed by atoms with van der Waals surface area (Å²) >= 11 is 0. The molecule has 4 heteroatoms. The fraction of sp³-hybridized carbons (Fsp3) is 0.900. The van der Waals surface area contributed by atoms with Gasteiger partial charge in [-0.2, -0.15) is 0 Å². The van der Waals surface area contributed by atoms with Gasteiger partial charge in [0.1, 0.15) is 5.84 Å². The van der Waals surface area contributed by atoms with Gasteiger partial charge in [-0.15, -0.1) is 0 Å². The minimum absolute atomic E-state index is 0.148. The van der Waals surface area contributed by atoms with Crippen molar-refractivity contribution in [3.63, 3.8) is 0 Å². The quantitative estimate of drug-likeness (QED) is 0.307. The Morgan fingerprint density at radius 3 is 2.43 bits per heavy atom. The fourth-order valence-corrected chi connectivity index (χ4v) is 1.33. The number of hydrogen-bond donors (Lipinski definition) is 2. The van der Waals surface area contributed by atoms with Gasteiger partial charge >= 0.3 is 0 Å². The van der Waals surface area contributed by atoms with E-state index in [-0.39, 0.29) is 17.4 Å². The molecule has 3 N–H and O–H groups in total. The molecule has 0 aromatic heterocycles. The Labute approximate surface area is 86.8 Å². The van der Waals surface area contributed by atoms with Crippen LogP contribution in [0.4, 0.5) is 0 Å². The van der Waals surface area contributed by atoms with E-state index in [1.807, 2.05) is 0 Å². The van der Waals surface area contributed by atoms with Crippen LogP contribution in [0.25, 0.3) is 0 Å². The maximum atomic E-state index is 8.47. The molecule has 0 bridgehead atoms. The van der Waals surface area contributed by atoms with Gasteiger partial charge in [0, 0.05) is 18.0 Å². The van der Waals surface area contributed by atoms with E-state index in [2.05, 4.69) is 44.8 Å². The predicted molar refractivity (Wildman–Crippen MR) is 59.6 cm³/mol. The molecule has 14 heavy (non-hydrogen) atoms. The zero-order valence-corrected chi connectivity index (χ0v) is 9.91. The van der Waals surface area contributed by atoms with Gasteiger partial charge in [0.05, 0.1) is 0 Å². The van der Waals surface area contributed by atoms with Gasteiger partial charge in [0.15, 0.2) is 0 Å². The van der Waals surface area contributed by atoms with Crippen molar-refractivity contribution in [2.45, 2.75) is 52.1 Å². The van der Waals surface area contributed by atoms with E-state index in [9.17, 15) is 0 Å². The topological polar surface area (TPSA) is 61.8 Å². The maximum Gasteiger partial charge on any atom is 0.140 e. The van der Waals surface area contributed by atoms with Crippen LogP contribution in [0.15, 0.2) is 5.16 Å². The molecular formula is C10H23N3O. The number of amidine groups is 1. The van der Waals surface area contributed by atoms with Crippen LogP contribution in [0.5, 0.6) is 0 Å². The van der Waals surface area contributed by atoms with Gasteiger partial charge in [-0.05, 0) is 34.2 Å². The Morgan fingerprint density at radius 1 is 1.57 bits per heavy atom. The summed E-state index contributed by atoms with van der Waals surface area (Å²) in [4.78, 5) is 2.26. The van der Waals surface area contributed by atoms with Gasteiger partial charge in [-0.1, -0.05) is 12.1 Å². The predicted octanol–water partition coefficient (Wildman–Crippen LogP) is 1.63. The van der Waals surface area contributed by atoms with Gasteiger partial charge in [-0.25, -0.2) is 0 Å². The second-order valence-corrected chi connectivity index (χ2v) is 4.42. The number of nitrogens with two attached hydrogens (primary N) is 1. The number of nitrogens with zero attached hydrogens (tertiary/aromatic N) is 2. The van der Waals surface area contributed by atoms with E-state index >= 15 is 0 Å². The zero-order chi connectivity index (χ0) is 11.4. The molecule has 0 amide bonds. The van der Waals surface area contributed by atoms with Gasteiger partial charge in [0.2, 0.25) is 0 Å². The molecule has 0 aliphatic heterocycles. The van der Waals surface area contributed by atoms with E-state index in [4.69, 9.17) is 10.9 Å². The lowest BCUT2D eigenvalue weighted by Crippen LogP contribution is -2.47. The monoisotopic (exact) mass is 201 g/mol. The fourth-order valence-electron chi connectivity index (χ4n) is 1.33. The molecule has 0 radical (unpaired) electrons. The molecule has 0 aliphatic carbocycles. The molecule has 1 atom stereocenters. The highest BCUT2D eigenvalue weighted by atomic mass is 16.4. The molecular weight excluding hydrogens is 178 g/mol. The second kappa shape index (κ2) is 5.20. The summed E-state index contributed by atoms with van der Waals surface area (Å²) in [6, 6.07) is 0.279. The standard InChI is InChI=1S/C10H23N3O/c1-6-10(3,4)13(5)8(2)7-9(11)12-14/h8,14H,6-7H2,1-5H3,(H2,11,12). The third kappa shape index (κ3) is 3.54. The Balaban J connectivity index is 4.32. The van der Waals surface area contributed by atoms with Crippen LogP contribution in [0.3, 0.4) is 0 Å². The minimum Gasteiger partial charge on any atom is -0.409 e. The first-order valence-corrected chi connectivity index (χ1v) is 5.04. The van der Waals surface area contributed by atoms with Crippen LogP contribution >= 0.6 is 0 Å². The van der Waals surface area contributed by atoms with Gasteiger partial charge < -0.3 is 10.9 Å². The first-order chi connectivity index (χ1) is 6.35. The first kappa shape index (κ1) is 13.2. The van der Waals surface area contributed by atoms with Crippen molar-refractivity contribution in [3.8, 4) is 0 Å². The normalized spacial score (nSPS) is 16.0. The third-order valence-corrected chi connectivity index (χ3v) is 3.11. The van der Waals surface area contributed by atoms with Crippen LogP contribution < -0.4 is 5.73 Å². The maximum absolute atomic E-state index is 8.47. The largest absolute Gasteiger partial charge is 0.409 e. The van der Waals surface area contributed by atoms with Crippen LogP contribution in [0.2, 0.25) is 0 Å². The van der Waals surface area contributed by atoms with Crippen molar-refractivity contribution in [2.24, 2.45) is 10.9 Å². The lowest BCUT2D eigenvalue weighted by atomic mass is 9.97. The Bertz CT molecular complexity index is 202. The lowest BCUT2D eigenvalue weighted by molar-refractivity contribution is 0.108. The van der Waals surface area contributed by atoms with Crippen molar-refractivity contribution < 1.29 is 5.21 Å². The van der Waals surface area contributed by atoms with Crippen molar-refractivity contribution >= 4 is 5.84 Å². The van der Waals surface area contributed by atoms with Crippen molar-refractivity contribution in [1.82, 2.24) is 4.90 Å². The van der Waals surface area contributed by atoms with Crippen LogP contribution in [0, 0.1) is 0 Å². The van der Waals surface area contributed by atoms with Crippen LogP contribution in [-0.4, -0.2) is 34.6 Å². The van der Waals surface area contributed by atoms with E-state index in [1.165, 1.54) is 0 Å². The number of hydrogen-bond acceptors (Lipinski definition) is 3. The third-order valence-electron chi connectivity index (χ3n) is 3.11. The smallest absolute Gasteiger partial charge is 0.140 e. The molecule has 0 fully saturated rings. The Hall–Kier alpha value is -0.770. The molecule has 4 nitrogen and oxygen atoms in total. The summed E-state index contributed by atoms with van der Waals surface area (Å²) < 4.78 is 0. The zero-order valence-electron chi connectivity index (χ0n) is 9.91. The van der Waals surface area contributed by atoms with E-state index in [0.29, 0.717) is 6.42 Å². The van der Waals surface area contributed by atoms with E-state index in [0.717, 1.165) is 6.42 Å². The number of oxime groups is 1. The van der Waals surface area contributed by atoms with Crippen molar-refractivity contribution in [2.75, 3.05) is 7.05 Å².